The molecular weight excluding hydrogens is 315 g/mol. The van der Waals surface area contributed by atoms with Crippen molar-refractivity contribution in [1.29, 1.82) is 5.26 Å². The lowest BCUT2D eigenvalue weighted by atomic mass is 9.97. The van der Waals surface area contributed by atoms with E-state index in [0.717, 1.165) is 19.2 Å². The Labute approximate surface area is 109 Å². The van der Waals surface area contributed by atoms with Gasteiger partial charge in [0, 0.05) is 5.33 Å². The van der Waals surface area contributed by atoms with Gasteiger partial charge in [-0.3, -0.25) is 0 Å². The van der Waals surface area contributed by atoms with Crippen LogP contribution < -0.4 is 0 Å². The van der Waals surface area contributed by atoms with Crippen LogP contribution in [0.15, 0.2) is 12.1 Å². The Morgan fingerprint density at radius 3 is 2.50 bits per heavy atom. The summed E-state index contributed by atoms with van der Waals surface area (Å²) in [5.41, 5.74) is -1.72. The number of hydrogen-bond donors (Lipinski definition) is 0. The van der Waals surface area contributed by atoms with Crippen molar-refractivity contribution in [1.82, 2.24) is 0 Å². The number of ether oxygens (including phenoxy) is 1. The predicted molar refractivity (Wildman–Crippen MR) is 60.1 cm³/mol. The lowest BCUT2D eigenvalue weighted by Gasteiger charge is -2.14. The monoisotopic (exact) mass is 321 g/mol. The summed E-state index contributed by atoms with van der Waals surface area (Å²) in [6.45, 7) is 0. The third-order valence-electron chi connectivity index (χ3n) is 2.27. The van der Waals surface area contributed by atoms with Crippen molar-refractivity contribution < 1.29 is 22.7 Å². The molecule has 1 aromatic carbocycles. The maximum absolute atomic E-state index is 12.7. The zero-order chi connectivity index (χ0) is 13.9. The van der Waals surface area contributed by atoms with Gasteiger partial charge in [-0.15, -0.1) is 0 Å². The van der Waals surface area contributed by atoms with Crippen LogP contribution in [0, 0.1) is 11.3 Å². The average Bonchev–Trinajstić information content (AvgIpc) is 2.34. The second-order valence-corrected chi connectivity index (χ2v) is 3.81. The second kappa shape index (κ2) is 5.40. The van der Waals surface area contributed by atoms with Crippen molar-refractivity contribution in [3.8, 4) is 6.07 Å². The molecule has 0 bridgehead atoms. The molecule has 0 saturated carbocycles. The van der Waals surface area contributed by atoms with E-state index in [4.69, 9.17) is 5.26 Å². The Bertz CT molecular complexity index is 520. The summed E-state index contributed by atoms with van der Waals surface area (Å²) in [7, 11) is 1.09. The number of carbonyl (C=O) groups is 1. The fraction of sp³-hybridized carbons (Fsp3) is 0.273. The van der Waals surface area contributed by atoms with E-state index in [1.165, 1.54) is 0 Å². The number of halogens is 4. The van der Waals surface area contributed by atoms with Crippen molar-refractivity contribution in [2.24, 2.45) is 0 Å². The molecule has 18 heavy (non-hydrogen) atoms. The van der Waals surface area contributed by atoms with E-state index in [2.05, 4.69) is 20.7 Å². The highest BCUT2D eigenvalue weighted by Crippen LogP contribution is 2.35. The number of alkyl halides is 4. The van der Waals surface area contributed by atoms with Crippen molar-refractivity contribution in [2.45, 2.75) is 11.5 Å². The first-order chi connectivity index (χ1) is 8.36. The van der Waals surface area contributed by atoms with Gasteiger partial charge in [-0.25, -0.2) is 4.79 Å². The Morgan fingerprint density at radius 2 is 2.11 bits per heavy atom. The number of hydrogen-bond acceptors (Lipinski definition) is 3. The van der Waals surface area contributed by atoms with Crippen LogP contribution in [0.4, 0.5) is 13.2 Å². The Hall–Kier alpha value is -1.55. The summed E-state index contributed by atoms with van der Waals surface area (Å²) in [6.07, 6.45) is -4.58. The zero-order valence-corrected chi connectivity index (χ0v) is 10.7. The number of nitriles is 1. The van der Waals surface area contributed by atoms with E-state index in [-0.39, 0.29) is 22.0 Å². The summed E-state index contributed by atoms with van der Waals surface area (Å²) >= 11 is 2.89. The number of methoxy groups -OCH3 is 1. The highest BCUT2D eigenvalue weighted by atomic mass is 79.9. The molecule has 1 aromatic rings. The Balaban J connectivity index is 3.58. The molecular formula is C11H7BrF3NO2. The van der Waals surface area contributed by atoms with Gasteiger partial charge in [0.1, 0.15) is 6.07 Å². The van der Waals surface area contributed by atoms with Crippen LogP contribution in [0.5, 0.6) is 0 Å². The number of carbonyl (C=O) groups excluding carboxylic acids is 1. The summed E-state index contributed by atoms with van der Waals surface area (Å²) in [5, 5.41) is 8.73. The van der Waals surface area contributed by atoms with Gasteiger partial charge < -0.3 is 4.74 Å². The molecule has 0 fully saturated rings. The van der Waals surface area contributed by atoms with Gasteiger partial charge in [0.2, 0.25) is 0 Å². The van der Waals surface area contributed by atoms with E-state index < -0.39 is 17.7 Å². The number of nitrogens with zero attached hydrogens (tertiary/aromatic N) is 1. The standard InChI is InChI=1S/C11H7BrF3NO2/c1-18-10(17)6-2-3-9(11(13,14)15)7(4-12)8(6)5-16/h2-3H,4H2,1H3. The van der Waals surface area contributed by atoms with Crippen LogP contribution in [-0.2, 0) is 16.2 Å². The van der Waals surface area contributed by atoms with Gasteiger partial charge in [-0.2, -0.15) is 18.4 Å². The first-order valence-electron chi connectivity index (χ1n) is 4.64. The van der Waals surface area contributed by atoms with Crippen molar-refractivity contribution >= 4 is 21.9 Å². The third-order valence-corrected chi connectivity index (χ3v) is 2.83. The number of esters is 1. The van der Waals surface area contributed by atoms with Gasteiger partial charge >= 0.3 is 12.1 Å². The molecule has 0 aromatic heterocycles. The van der Waals surface area contributed by atoms with Crippen LogP contribution in [0.3, 0.4) is 0 Å². The quantitative estimate of drug-likeness (QED) is 0.620. The third kappa shape index (κ3) is 2.64. The molecule has 0 N–H and O–H groups in total. The smallest absolute Gasteiger partial charge is 0.416 e. The van der Waals surface area contributed by atoms with Crippen LogP contribution >= 0.6 is 15.9 Å². The van der Waals surface area contributed by atoms with Crippen LogP contribution in [-0.4, -0.2) is 13.1 Å². The Kier molecular flexibility index (Phi) is 4.35. The first kappa shape index (κ1) is 14.5. The summed E-state index contributed by atoms with van der Waals surface area (Å²) in [6, 6.07) is 3.32. The molecule has 0 spiro atoms. The van der Waals surface area contributed by atoms with E-state index in [1.54, 1.807) is 6.07 Å². The minimum absolute atomic E-state index is 0.178. The van der Waals surface area contributed by atoms with Gasteiger partial charge in [0.15, 0.2) is 0 Å². The maximum Gasteiger partial charge on any atom is 0.416 e. The van der Waals surface area contributed by atoms with Crippen LogP contribution in [0.25, 0.3) is 0 Å². The largest absolute Gasteiger partial charge is 0.465 e. The molecule has 7 heteroatoms. The molecule has 1 rings (SSSR count). The molecule has 0 aliphatic rings. The molecule has 0 aliphatic heterocycles. The SMILES string of the molecule is COC(=O)c1ccc(C(F)(F)F)c(CBr)c1C#N. The molecule has 0 atom stereocenters. The highest BCUT2D eigenvalue weighted by molar-refractivity contribution is 9.08. The van der Waals surface area contributed by atoms with Crippen LogP contribution in [0.1, 0.15) is 27.0 Å². The minimum Gasteiger partial charge on any atom is -0.465 e. The molecule has 0 radical (unpaired) electrons. The molecule has 0 aliphatic carbocycles. The molecule has 96 valence electrons. The van der Waals surface area contributed by atoms with E-state index in [0.29, 0.717) is 0 Å². The van der Waals surface area contributed by atoms with Gasteiger partial charge in [0.05, 0.1) is 23.8 Å². The van der Waals surface area contributed by atoms with Crippen LogP contribution in [0.2, 0.25) is 0 Å². The summed E-state index contributed by atoms with van der Waals surface area (Å²) in [5.74, 6) is -0.845. The predicted octanol–water partition coefficient (Wildman–Crippen LogP) is 3.26. The van der Waals surface area contributed by atoms with E-state index in [9.17, 15) is 18.0 Å². The molecule has 0 saturated heterocycles. The summed E-state index contributed by atoms with van der Waals surface area (Å²) in [4.78, 5) is 11.4. The lowest BCUT2D eigenvalue weighted by Crippen LogP contribution is -2.13. The molecule has 0 heterocycles. The normalized spacial score (nSPS) is 10.9. The van der Waals surface area contributed by atoms with Gasteiger partial charge in [-0.1, -0.05) is 15.9 Å². The zero-order valence-electron chi connectivity index (χ0n) is 9.14. The topological polar surface area (TPSA) is 50.1 Å². The fourth-order valence-electron chi connectivity index (χ4n) is 1.46. The highest BCUT2D eigenvalue weighted by Gasteiger charge is 2.35. The average molecular weight is 322 g/mol. The molecule has 0 unspecified atom stereocenters. The van der Waals surface area contributed by atoms with Crippen molar-refractivity contribution in [3.63, 3.8) is 0 Å². The van der Waals surface area contributed by atoms with E-state index >= 15 is 0 Å². The summed E-state index contributed by atoms with van der Waals surface area (Å²) < 4.78 is 42.6. The van der Waals surface area contributed by atoms with Gasteiger partial charge in [-0.05, 0) is 17.7 Å². The number of rotatable bonds is 2. The van der Waals surface area contributed by atoms with Crippen molar-refractivity contribution in [2.75, 3.05) is 7.11 Å². The first-order valence-corrected chi connectivity index (χ1v) is 5.76. The second-order valence-electron chi connectivity index (χ2n) is 3.25. The van der Waals surface area contributed by atoms with Crippen molar-refractivity contribution in [3.05, 3.63) is 34.4 Å². The minimum atomic E-state index is -4.58. The number of benzene rings is 1. The maximum atomic E-state index is 12.7. The molecule has 3 nitrogen and oxygen atoms in total. The fourth-order valence-corrected chi connectivity index (χ4v) is 2.04. The molecule has 0 amide bonds. The Morgan fingerprint density at radius 1 is 1.50 bits per heavy atom. The lowest BCUT2D eigenvalue weighted by molar-refractivity contribution is -0.138. The van der Waals surface area contributed by atoms with Gasteiger partial charge in [0.25, 0.3) is 0 Å². The van der Waals surface area contributed by atoms with E-state index in [1.807, 2.05) is 0 Å².